The van der Waals surface area contributed by atoms with Crippen molar-refractivity contribution in [2.24, 2.45) is 7.05 Å². The molecule has 2 rings (SSSR count). The Morgan fingerprint density at radius 1 is 1.44 bits per heavy atom. The summed E-state index contributed by atoms with van der Waals surface area (Å²) in [7, 11) is 1.91. The number of amides is 1. The first-order valence-corrected chi connectivity index (χ1v) is 5.89. The molecular weight excluding hydrogens is 275 g/mol. The molecule has 0 unspecified atom stereocenters. The fourth-order valence-electron chi connectivity index (χ4n) is 1.46. The molecule has 0 aliphatic rings. The highest BCUT2D eigenvalue weighted by atomic mass is 35.5. The van der Waals surface area contributed by atoms with Crippen molar-refractivity contribution < 1.29 is 4.79 Å². The van der Waals surface area contributed by atoms with E-state index in [1.165, 1.54) is 6.07 Å². The van der Waals surface area contributed by atoms with Crippen LogP contribution < -0.4 is 5.32 Å². The van der Waals surface area contributed by atoms with Crippen LogP contribution in [0.25, 0.3) is 0 Å². The number of nitrogens with zero attached hydrogens (tertiary/aromatic N) is 3. The van der Waals surface area contributed by atoms with Gasteiger partial charge in [0, 0.05) is 26.0 Å². The van der Waals surface area contributed by atoms with E-state index < -0.39 is 0 Å². The minimum absolute atomic E-state index is 0.0324. The van der Waals surface area contributed by atoms with E-state index in [1.54, 1.807) is 0 Å². The summed E-state index contributed by atoms with van der Waals surface area (Å²) in [5.41, 5.74) is 1.21. The quantitative estimate of drug-likeness (QED) is 0.939. The molecule has 0 saturated carbocycles. The van der Waals surface area contributed by atoms with E-state index in [-0.39, 0.29) is 21.8 Å². The predicted octanol–water partition coefficient (Wildman–Crippen LogP) is 2.05. The van der Waals surface area contributed by atoms with Crippen LogP contribution in [-0.2, 0) is 13.6 Å². The van der Waals surface area contributed by atoms with Gasteiger partial charge in [0.05, 0.1) is 5.56 Å². The van der Waals surface area contributed by atoms with Crippen LogP contribution in [0, 0.1) is 0 Å². The van der Waals surface area contributed by atoms with Crippen molar-refractivity contribution in [1.82, 2.24) is 20.1 Å². The molecule has 0 spiro atoms. The largest absolute Gasteiger partial charge is 0.357 e. The summed E-state index contributed by atoms with van der Waals surface area (Å²) in [5, 5.41) is 10.0. The summed E-state index contributed by atoms with van der Waals surface area (Å²) >= 11 is 11.4. The first-order valence-electron chi connectivity index (χ1n) is 5.14. The molecule has 1 N–H and O–H groups in total. The summed E-state index contributed by atoms with van der Waals surface area (Å²) in [6.07, 6.45) is 3.82. The number of hydrogen-bond acceptors (Lipinski definition) is 3. The van der Waals surface area contributed by atoms with Crippen molar-refractivity contribution in [3.63, 3.8) is 0 Å². The fraction of sp³-hybridized carbons (Fsp3) is 0.182. The van der Waals surface area contributed by atoms with E-state index >= 15 is 0 Å². The second kappa shape index (κ2) is 5.37. The lowest BCUT2D eigenvalue weighted by Gasteiger charge is -2.04. The molecule has 1 amide bonds. The number of hydrogen-bond donors (Lipinski definition) is 1. The molecule has 7 heteroatoms. The lowest BCUT2D eigenvalue weighted by Crippen LogP contribution is -2.23. The minimum atomic E-state index is -0.333. The van der Waals surface area contributed by atoms with Gasteiger partial charge < -0.3 is 9.88 Å². The zero-order chi connectivity index (χ0) is 13.1. The Kier molecular flexibility index (Phi) is 3.84. The third-order valence-electron chi connectivity index (χ3n) is 2.31. The molecule has 0 aliphatic carbocycles. The normalized spacial score (nSPS) is 10.4. The molecule has 0 bridgehead atoms. The monoisotopic (exact) mass is 284 g/mol. The van der Waals surface area contributed by atoms with Gasteiger partial charge in [0.1, 0.15) is 0 Å². The van der Waals surface area contributed by atoms with Crippen molar-refractivity contribution in [3.8, 4) is 0 Å². The number of halogens is 2. The van der Waals surface area contributed by atoms with Crippen LogP contribution in [0.4, 0.5) is 0 Å². The number of aromatic nitrogens is 3. The van der Waals surface area contributed by atoms with Gasteiger partial charge in [0.2, 0.25) is 0 Å². The summed E-state index contributed by atoms with van der Waals surface area (Å²) in [5.74, 6) is -0.333. The minimum Gasteiger partial charge on any atom is -0.357 e. The molecule has 0 radical (unpaired) electrons. The van der Waals surface area contributed by atoms with Gasteiger partial charge in [0.15, 0.2) is 10.3 Å². The molecule has 0 aromatic carbocycles. The average Bonchev–Trinajstić information content (AvgIpc) is 2.75. The fourth-order valence-corrected chi connectivity index (χ4v) is 1.78. The maximum absolute atomic E-state index is 11.9. The van der Waals surface area contributed by atoms with Crippen LogP contribution in [0.1, 0.15) is 15.9 Å². The van der Waals surface area contributed by atoms with Crippen molar-refractivity contribution in [3.05, 3.63) is 46.0 Å². The standard InChI is InChI=1S/C11H10Cl2N4O/c1-17-3-2-7(6-17)5-14-11(18)8-4-9(12)15-16-10(8)13/h2-4,6H,5H2,1H3,(H,14,18). The maximum atomic E-state index is 11.9. The van der Waals surface area contributed by atoms with Crippen molar-refractivity contribution in [2.45, 2.75) is 6.54 Å². The third kappa shape index (κ3) is 3.00. The number of aryl methyl sites for hydroxylation is 1. The van der Waals surface area contributed by atoms with Gasteiger partial charge in [-0.2, -0.15) is 0 Å². The zero-order valence-corrected chi connectivity index (χ0v) is 11.0. The van der Waals surface area contributed by atoms with Crippen LogP contribution in [0.5, 0.6) is 0 Å². The average molecular weight is 285 g/mol. The van der Waals surface area contributed by atoms with Crippen molar-refractivity contribution in [2.75, 3.05) is 0 Å². The van der Waals surface area contributed by atoms with Crippen LogP contribution in [-0.4, -0.2) is 20.7 Å². The van der Waals surface area contributed by atoms with E-state index in [9.17, 15) is 4.79 Å². The van der Waals surface area contributed by atoms with E-state index in [1.807, 2.05) is 30.1 Å². The van der Waals surface area contributed by atoms with E-state index in [4.69, 9.17) is 23.2 Å². The molecule has 2 aromatic heterocycles. The van der Waals surface area contributed by atoms with Crippen LogP contribution in [0.3, 0.4) is 0 Å². The van der Waals surface area contributed by atoms with Crippen LogP contribution >= 0.6 is 23.2 Å². The Labute approximate surface area is 114 Å². The third-order valence-corrected chi connectivity index (χ3v) is 2.77. The molecule has 0 saturated heterocycles. The second-order valence-electron chi connectivity index (χ2n) is 3.74. The topological polar surface area (TPSA) is 59.8 Å². The molecule has 0 fully saturated rings. The smallest absolute Gasteiger partial charge is 0.254 e. The Morgan fingerprint density at radius 3 is 2.89 bits per heavy atom. The number of nitrogens with one attached hydrogen (secondary N) is 1. The Bertz CT molecular complexity index is 582. The number of carbonyl (C=O) groups is 1. The van der Waals surface area contributed by atoms with Gasteiger partial charge >= 0.3 is 0 Å². The second-order valence-corrected chi connectivity index (χ2v) is 4.48. The van der Waals surface area contributed by atoms with Gasteiger partial charge in [-0.3, -0.25) is 4.79 Å². The molecular formula is C11H10Cl2N4O. The van der Waals surface area contributed by atoms with Gasteiger partial charge in [0.25, 0.3) is 5.91 Å². The molecule has 2 aromatic rings. The number of rotatable bonds is 3. The zero-order valence-electron chi connectivity index (χ0n) is 9.52. The highest BCUT2D eigenvalue weighted by molar-refractivity contribution is 6.34. The summed E-state index contributed by atoms with van der Waals surface area (Å²) in [6, 6.07) is 3.30. The highest BCUT2D eigenvalue weighted by Crippen LogP contribution is 2.15. The maximum Gasteiger partial charge on any atom is 0.254 e. The molecule has 0 atom stereocenters. The van der Waals surface area contributed by atoms with E-state index in [0.717, 1.165) is 5.56 Å². The molecule has 18 heavy (non-hydrogen) atoms. The summed E-state index contributed by atoms with van der Waals surface area (Å²) in [6.45, 7) is 0.413. The van der Waals surface area contributed by atoms with Crippen LogP contribution in [0.2, 0.25) is 10.3 Å². The van der Waals surface area contributed by atoms with Crippen molar-refractivity contribution >= 4 is 29.1 Å². The molecule has 2 heterocycles. The lowest BCUT2D eigenvalue weighted by molar-refractivity contribution is 0.0950. The first-order chi connectivity index (χ1) is 8.56. The molecule has 94 valence electrons. The highest BCUT2D eigenvalue weighted by Gasteiger charge is 2.12. The van der Waals surface area contributed by atoms with Crippen molar-refractivity contribution in [1.29, 1.82) is 0 Å². The molecule has 5 nitrogen and oxygen atoms in total. The van der Waals surface area contributed by atoms with E-state index in [0.29, 0.717) is 6.54 Å². The van der Waals surface area contributed by atoms with Gasteiger partial charge in [-0.25, -0.2) is 0 Å². The Morgan fingerprint density at radius 2 is 2.22 bits per heavy atom. The van der Waals surface area contributed by atoms with Gasteiger partial charge in [-0.1, -0.05) is 23.2 Å². The number of carbonyl (C=O) groups excluding carboxylic acids is 1. The van der Waals surface area contributed by atoms with Crippen LogP contribution in [0.15, 0.2) is 24.5 Å². The lowest BCUT2D eigenvalue weighted by atomic mass is 10.2. The summed E-state index contributed by atoms with van der Waals surface area (Å²) < 4.78 is 1.90. The predicted molar refractivity (Wildman–Crippen MR) is 68.6 cm³/mol. The van der Waals surface area contributed by atoms with E-state index in [2.05, 4.69) is 15.5 Å². The Balaban J connectivity index is 2.05. The SMILES string of the molecule is Cn1ccc(CNC(=O)c2cc(Cl)nnc2Cl)c1. The summed E-state index contributed by atoms with van der Waals surface area (Å²) in [4.78, 5) is 11.9. The molecule has 0 aliphatic heterocycles. The Hall–Kier alpha value is -1.59. The van der Waals surface area contributed by atoms with Gasteiger partial charge in [-0.15, -0.1) is 10.2 Å². The first kappa shape index (κ1) is 12.9. The van der Waals surface area contributed by atoms with Gasteiger partial charge in [-0.05, 0) is 17.7 Å².